The van der Waals surface area contributed by atoms with Crippen molar-refractivity contribution in [1.82, 2.24) is 5.32 Å². The lowest BCUT2D eigenvalue weighted by Crippen LogP contribution is -2.60. The Bertz CT molecular complexity index is 502. The first-order valence-corrected chi connectivity index (χ1v) is 7.37. The molecule has 0 bridgehead atoms. The van der Waals surface area contributed by atoms with Gasteiger partial charge in [0.25, 0.3) is 0 Å². The Morgan fingerprint density at radius 1 is 1.48 bits per heavy atom. The predicted molar refractivity (Wildman–Crippen MR) is 83.0 cm³/mol. The number of hydrogen-bond acceptors (Lipinski definition) is 4. The monoisotopic (exact) mass is 292 g/mol. The van der Waals surface area contributed by atoms with Crippen LogP contribution in [0.15, 0.2) is 24.3 Å². The van der Waals surface area contributed by atoms with Gasteiger partial charge in [-0.3, -0.25) is 4.79 Å². The Morgan fingerprint density at radius 2 is 2.14 bits per heavy atom. The summed E-state index contributed by atoms with van der Waals surface area (Å²) in [6.45, 7) is 3.01. The highest BCUT2D eigenvalue weighted by molar-refractivity contribution is 5.81. The van der Waals surface area contributed by atoms with Crippen molar-refractivity contribution >= 4 is 11.7 Å². The van der Waals surface area contributed by atoms with Crippen LogP contribution in [0.2, 0.25) is 0 Å². The molecule has 0 aromatic heterocycles. The largest absolute Gasteiger partial charge is 0.495 e. The maximum atomic E-state index is 11.9. The van der Waals surface area contributed by atoms with Gasteiger partial charge in [-0.1, -0.05) is 19.1 Å². The van der Waals surface area contributed by atoms with Gasteiger partial charge in [-0.05, 0) is 37.4 Å². The first-order chi connectivity index (χ1) is 10.0. The quantitative estimate of drug-likeness (QED) is 0.767. The second-order valence-electron chi connectivity index (χ2n) is 5.61. The maximum absolute atomic E-state index is 11.9. The van der Waals surface area contributed by atoms with Crippen LogP contribution in [-0.2, 0) is 4.79 Å². The molecule has 1 aliphatic rings. The molecule has 1 aliphatic carbocycles. The number of likely N-dealkylation sites (N-methyl/N-ethyl adjacent to an activating group) is 2. The third-order valence-electron chi connectivity index (χ3n) is 4.13. The van der Waals surface area contributed by atoms with Gasteiger partial charge in [0.2, 0.25) is 0 Å². The first kappa shape index (κ1) is 15.6. The van der Waals surface area contributed by atoms with Crippen molar-refractivity contribution < 1.29 is 14.6 Å². The van der Waals surface area contributed by atoms with E-state index in [1.807, 2.05) is 43.1 Å². The molecule has 1 unspecified atom stereocenters. The van der Waals surface area contributed by atoms with Crippen LogP contribution in [0.5, 0.6) is 5.75 Å². The molecule has 21 heavy (non-hydrogen) atoms. The van der Waals surface area contributed by atoms with Gasteiger partial charge in [-0.15, -0.1) is 0 Å². The Labute approximate surface area is 125 Å². The summed E-state index contributed by atoms with van der Waals surface area (Å²) in [6, 6.07) is 7.68. The zero-order valence-electron chi connectivity index (χ0n) is 12.9. The van der Waals surface area contributed by atoms with Crippen LogP contribution in [0.1, 0.15) is 19.8 Å². The van der Waals surface area contributed by atoms with Crippen molar-refractivity contribution in [2.45, 2.75) is 25.3 Å². The number of methoxy groups -OCH3 is 1. The zero-order chi connectivity index (χ0) is 15.5. The minimum atomic E-state index is -0.885. The van der Waals surface area contributed by atoms with E-state index in [1.165, 1.54) is 0 Å². The third kappa shape index (κ3) is 3.13. The second-order valence-corrected chi connectivity index (χ2v) is 5.61. The lowest BCUT2D eigenvalue weighted by molar-refractivity contribution is -0.145. The number of anilines is 1. The van der Waals surface area contributed by atoms with E-state index in [0.29, 0.717) is 13.1 Å². The molecule has 0 spiro atoms. The van der Waals surface area contributed by atoms with Gasteiger partial charge < -0.3 is 20.1 Å². The van der Waals surface area contributed by atoms with Gasteiger partial charge in [-0.2, -0.15) is 0 Å². The Morgan fingerprint density at radius 3 is 2.67 bits per heavy atom. The molecule has 1 aromatic rings. The van der Waals surface area contributed by atoms with Crippen LogP contribution in [-0.4, -0.2) is 43.9 Å². The maximum Gasteiger partial charge on any atom is 0.326 e. The summed E-state index contributed by atoms with van der Waals surface area (Å²) in [6.07, 6.45) is 1.94. The highest BCUT2D eigenvalue weighted by atomic mass is 16.5. The molecule has 1 aromatic carbocycles. The van der Waals surface area contributed by atoms with E-state index in [1.54, 1.807) is 7.11 Å². The number of benzene rings is 1. The van der Waals surface area contributed by atoms with Crippen LogP contribution in [0, 0.1) is 5.92 Å². The highest BCUT2D eigenvalue weighted by Gasteiger charge is 2.51. The summed E-state index contributed by atoms with van der Waals surface area (Å²) in [5.74, 6) is 0.187. The van der Waals surface area contributed by atoms with Crippen LogP contribution in [0.4, 0.5) is 5.69 Å². The number of nitrogens with zero attached hydrogens (tertiary/aromatic N) is 1. The minimum Gasteiger partial charge on any atom is -0.495 e. The van der Waals surface area contributed by atoms with Gasteiger partial charge in [0.05, 0.1) is 12.8 Å². The molecule has 1 saturated carbocycles. The highest BCUT2D eigenvalue weighted by Crippen LogP contribution is 2.41. The van der Waals surface area contributed by atoms with Gasteiger partial charge in [0.1, 0.15) is 11.3 Å². The van der Waals surface area contributed by atoms with Crippen molar-refractivity contribution in [3.63, 3.8) is 0 Å². The van der Waals surface area contributed by atoms with Gasteiger partial charge in [0.15, 0.2) is 0 Å². The van der Waals surface area contributed by atoms with Crippen LogP contribution < -0.4 is 15.0 Å². The fourth-order valence-electron chi connectivity index (χ4n) is 2.94. The van der Waals surface area contributed by atoms with Crippen LogP contribution >= 0.6 is 0 Å². The molecule has 0 aliphatic heterocycles. The fraction of sp³-hybridized carbons (Fsp3) is 0.562. The summed E-state index contributed by atoms with van der Waals surface area (Å²) in [5, 5.41) is 13.0. The summed E-state index contributed by atoms with van der Waals surface area (Å²) >= 11 is 0. The lowest BCUT2D eigenvalue weighted by atomic mass is 9.92. The van der Waals surface area contributed by atoms with E-state index < -0.39 is 11.5 Å². The van der Waals surface area contributed by atoms with E-state index in [0.717, 1.165) is 24.3 Å². The van der Waals surface area contributed by atoms with Crippen LogP contribution in [0.3, 0.4) is 0 Å². The Kier molecular flexibility index (Phi) is 4.73. The average molecular weight is 292 g/mol. The summed E-state index contributed by atoms with van der Waals surface area (Å²) in [4.78, 5) is 13.9. The fourth-order valence-corrected chi connectivity index (χ4v) is 2.94. The molecule has 5 heteroatoms. The predicted octanol–water partition coefficient (Wildman–Crippen LogP) is 1.97. The number of para-hydroxylation sites is 2. The second kappa shape index (κ2) is 6.35. The van der Waals surface area contributed by atoms with Gasteiger partial charge >= 0.3 is 5.97 Å². The van der Waals surface area contributed by atoms with E-state index in [4.69, 9.17) is 4.74 Å². The van der Waals surface area contributed by atoms with Crippen LogP contribution in [0.25, 0.3) is 0 Å². The molecule has 0 saturated heterocycles. The average Bonchev–Trinajstić information content (AvgIpc) is 3.31. The molecular formula is C16H24N2O3. The summed E-state index contributed by atoms with van der Waals surface area (Å²) < 4.78 is 5.37. The molecular weight excluding hydrogens is 268 g/mol. The molecule has 2 rings (SSSR count). The van der Waals surface area contributed by atoms with Gasteiger partial charge in [0, 0.05) is 13.6 Å². The van der Waals surface area contributed by atoms with Gasteiger partial charge in [-0.25, -0.2) is 0 Å². The van der Waals surface area contributed by atoms with E-state index in [-0.39, 0.29) is 5.92 Å². The normalized spacial score (nSPS) is 17.1. The van der Waals surface area contributed by atoms with E-state index in [2.05, 4.69) is 5.32 Å². The molecule has 116 valence electrons. The summed E-state index contributed by atoms with van der Waals surface area (Å²) in [7, 11) is 3.54. The summed E-state index contributed by atoms with van der Waals surface area (Å²) in [5.41, 5.74) is 0.0221. The number of nitrogens with one attached hydrogen (secondary N) is 1. The first-order valence-electron chi connectivity index (χ1n) is 7.37. The number of carboxylic acids is 1. The third-order valence-corrected chi connectivity index (χ3v) is 4.13. The topological polar surface area (TPSA) is 61.8 Å². The Balaban J connectivity index is 2.25. The zero-order valence-corrected chi connectivity index (χ0v) is 12.9. The molecule has 0 radical (unpaired) electrons. The number of carbonyl (C=O) groups is 1. The molecule has 0 amide bonds. The molecule has 2 N–H and O–H groups in total. The Hall–Kier alpha value is -1.75. The lowest BCUT2D eigenvalue weighted by Gasteiger charge is -2.35. The molecule has 5 nitrogen and oxygen atoms in total. The van der Waals surface area contributed by atoms with E-state index in [9.17, 15) is 9.90 Å². The van der Waals surface area contributed by atoms with Crippen molar-refractivity contribution in [3.05, 3.63) is 24.3 Å². The number of carboxylic acid groups (broad SMARTS) is 1. The van der Waals surface area contributed by atoms with Crippen molar-refractivity contribution in [3.8, 4) is 5.75 Å². The molecule has 1 fully saturated rings. The number of ether oxygens (including phenoxy) is 1. The standard InChI is InChI=1S/C16H24N2O3/c1-4-17-16(15(19)20,12-9-10-12)11-18(2)13-7-5-6-8-14(13)21-3/h5-8,12,17H,4,9-11H2,1-3H3,(H,19,20). The minimum absolute atomic E-state index is 0.201. The SMILES string of the molecule is CCNC(CN(C)c1ccccc1OC)(C(=O)O)C1CC1. The molecule has 0 heterocycles. The van der Waals surface area contributed by atoms with Crippen molar-refractivity contribution in [2.75, 3.05) is 32.1 Å². The number of rotatable bonds is 8. The molecule has 1 atom stereocenters. The van der Waals surface area contributed by atoms with Crippen molar-refractivity contribution in [2.24, 2.45) is 5.92 Å². The smallest absolute Gasteiger partial charge is 0.326 e. The van der Waals surface area contributed by atoms with Crippen molar-refractivity contribution in [1.29, 1.82) is 0 Å². The number of hydrogen-bond donors (Lipinski definition) is 2. The number of aliphatic carboxylic acids is 1. The van der Waals surface area contributed by atoms with E-state index >= 15 is 0 Å².